The van der Waals surface area contributed by atoms with Crippen molar-refractivity contribution in [1.82, 2.24) is 42.5 Å². The molecule has 60 heavy (non-hydrogen) atoms. The summed E-state index contributed by atoms with van der Waals surface area (Å²) < 4.78 is 35.5. The summed E-state index contributed by atoms with van der Waals surface area (Å²) in [6, 6.07) is 0. The van der Waals surface area contributed by atoms with Gasteiger partial charge in [0.2, 0.25) is 0 Å². The summed E-state index contributed by atoms with van der Waals surface area (Å²) in [5.41, 5.74) is 0. The molecule has 28 heteroatoms. The van der Waals surface area contributed by atoms with E-state index in [4.69, 9.17) is 77.0 Å². The van der Waals surface area contributed by atoms with Crippen molar-refractivity contribution in [3.63, 3.8) is 0 Å². The van der Waals surface area contributed by atoms with Gasteiger partial charge in [0, 0.05) is 0 Å². The van der Waals surface area contributed by atoms with Crippen LogP contribution in [0.2, 0.25) is 0 Å². The van der Waals surface area contributed by atoms with Crippen LogP contribution in [0.1, 0.15) is 103 Å². The lowest BCUT2D eigenvalue weighted by Crippen LogP contribution is -2.61. The highest BCUT2D eigenvalue weighted by Gasteiger charge is 2.54. The van der Waals surface area contributed by atoms with E-state index in [0.29, 0.717) is 49.3 Å². The van der Waals surface area contributed by atoms with Gasteiger partial charge in [0.15, 0.2) is 0 Å². The van der Waals surface area contributed by atoms with Crippen LogP contribution in [0.4, 0.5) is 0 Å². The molecule has 0 radical (unpaired) electrons. The van der Waals surface area contributed by atoms with Crippen LogP contribution in [0.5, 0.6) is 0 Å². The molecule has 0 aromatic heterocycles. The summed E-state index contributed by atoms with van der Waals surface area (Å²) in [7, 11) is -18.6. The molecule has 5 saturated heterocycles. The molecular weight excluding hydrogens is 876 g/mol. The summed E-state index contributed by atoms with van der Waals surface area (Å²) in [5.74, 6) is 5.97. The van der Waals surface area contributed by atoms with Crippen LogP contribution in [0.3, 0.4) is 0 Å². The van der Waals surface area contributed by atoms with E-state index in [2.05, 4.69) is 42.5 Å². The van der Waals surface area contributed by atoms with E-state index in [0.717, 1.165) is 47.3 Å². The lowest BCUT2D eigenvalue weighted by atomic mass is 9.76. The van der Waals surface area contributed by atoms with Gasteiger partial charge in [0.25, 0.3) is 0 Å². The Morgan fingerprint density at radius 2 is 0.317 bits per heavy atom. The van der Waals surface area contributed by atoms with Crippen LogP contribution in [0.25, 0.3) is 0 Å². The Hall–Kier alpha value is 0.120. The minimum Gasteiger partial charge on any atom is -0.303 e. The van der Waals surface area contributed by atoms with Gasteiger partial charge in [0.1, 0.15) is 0 Å². The molecule has 0 aromatic carbocycles. The molecule has 20 N–H and O–H groups in total. The van der Waals surface area contributed by atoms with Crippen LogP contribution < -0.4 is 42.5 Å². The number of fused-ring (bicyclic) bond motifs is 20. The molecule has 9 rings (SSSR count). The summed E-state index contributed by atoms with van der Waals surface area (Å²) in [4.78, 5) is 86.2. The van der Waals surface area contributed by atoms with Gasteiger partial charge in [0.05, 0.1) is 49.3 Å². The topological polar surface area (TPSA) is 407 Å². The fraction of sp³-hybridized carbons (Fsp3) is 1.00. The number of rotatable bonds is 0. The monoisotopic (exact) mass is 944 g/mol. The summed E-state index contributed by atoms with van der Waals surface area (Å²) in [6.45, 7) is 0. The Morgan fingerprint density at radius 3 is 0.400 bits per heavy atom. The fourth-order valence-electron chi connectivity index (χ4n) is 12.0. The summed E-state index contributed by atoms with van der Waals surface area (Å²) >= 11 is 0. The SMILES string of the molecule is C1CCC2C3NC(NC4NC(NC5NC(NC6NC(N3)C3CCCCC63)C3CCCCC53)C3CCCCC43)C2C1.O=P(O)(O)O.O=P(O)(O)O.O=P(O)(O)O.O=P(O)(O)O. The summed E-state index contributed by atoms with van der Waals surface area (Å²) in [5, 5.41) is 33.8. The molecule has 0 amide bonds. The zero-order chi connectivity index (χ0) is 44.2. The molecule has 4 aliphatic carbocycles. The molecule has 8 atom stereocenters. The second kappa shape index (κ2) is 21.6. The minimum absolute atomic E-state index is 0.420. The van der Waals surface area contributed by atoms with Crippen molar-refractivity contribution in [3.8, 4) is 0 Å². The van der Waals surface area contributed by atoms with E-state index in [9.17, 15) is 0 Å². The summed E-state index contributed by atoms with van der Waals surface area (Å²) in [6.07, 6.45) is 25.6. The highest BCUT2D eigenvalue weighted by molar-refractivity contribution is 7.45. The Labute approximate surface area is 349 Å². The van der Waals surface area contributed by atoms with Crippen LogP contribution in [0, 0.1) is 47.3 Å². The van der Waals surface area contributed by atoms with Crippen molar-refractivity contribution < 1.29 is 77.0 Å². The third-order valence-electron chi connectivity index (χ3n) is 13.8. The van der Waals surface area contributed by atoms with E-state index in [1.165, 1.54) is 103 Å². The second-order valence-electron chi connectivity index (χ2n) is 17.7. The molecule has 9 aliphatic rings. The maximum Gasteiger partial charge on any atom is 0.466 e. The maximum atomic E-state index is 8.88. The van der Waals surface area contributed by atoms with Crippen molar-refractivity contribution >= 4 is 31.3 Å². The van der Waals surface area contributed by atoms with Gasteiger partial charge >= 0.3 is 31.3 Å². The average Bonchev–Trinajstić information content (AvgIpc) is 3.85. The van der Waals surface area contributed by atoms with Crippen molar-refractivity contribution in [2.75, 3.05) is 0 Å². The predicted octanol–water partition coefficient (Wildman–Crippen LogP) is -1.11. The van der Waals surface area contributed by atoms with E-state index < -0.39 is 31.3 Å². The van der Waals surface area contributed by atoms with Crippen molar-refractivity contribution in [2.45, 2.75) is 152 Å². The quantitative estimate of drug-likeness (QED) is 0.128. The van der Waals surface area contributed by atoms with Gasteiger partial charge in [-0.25, -0.2) is 18.3 Å². The van der Waals surface area contributed by atoms with E-state index in [1.54, 1.807) is 0 Å². The molecule has 0 aromatic rings. The molecule has 5 heterocycles. The van der Waals surface area contributed by atoms with E-state index in [-0.39, 0.29) is 0 Å². The van der Waals surface area contributed by atoms with Crippen molar-refractivity contribution in [1.29, 1.82) is 0 Å². The molecule has 5 aliphatic heterocycles. The highest BCUT2D eigenvalue weighted by Crippen LogP contribution is 2.45. The molecule has 9 fully saturated rings. The van der Waals surface area contributed by atoms with Gasteiger partial charge in [-0.2, -0.15) is 0 Å². The molecule has 8 bridgehead atoms. The van der Waals surface area contributed by atoms with Crippen molar-refractivity contribution in [2.24, 2.45) is 47.3 Å². The molecule has 4 saturated carbocycles. The number of hydrogen-bond acceptors (Lipinski definition) is 12. The molecule has 352 valence electrons. The largest absolute Gasteiger partial charge is 0.466 e. The first-order valence-corrected chi connectivity index (χ1v) is 27.3. The Bertz CT molecular complexity index is 1250. The fourth-order valence-corrected chi connectivity index (χ4v) is 12.0. The minimum atomic E-state index is -4.64. The van der Waals surface area contributed by atoms with Gasteiger partial charge in [-0.05, 0) is 98.7 Å². The first-order valence-electron chi connectivity index (χ1n) is 21.0. The predicted molar refractivity (Wildman–Crippen MR) is 214 cm³/mol. The molecule has 0 spiro atoms. The van der Waals surface area contributed by atoms with Gasteiger partial charge < -0.3 is 58.7 Å². The molecular formula is C32H68N8O16P4. The average molecular weight is 945 g/mol. The van der Waals surface area contributed by atoms with Crippen molar-refractivity contribution in [3.05, 3.63) is 0 Å². The lowest BCUT2D eigenvalue weighted by Gasteiger charge is -2.35. The first kappa shape index (κ1) is 51.1. The van der Waals surface area contributed by atoms with Crippen LogP contribution in [-0.4, -0.2) is 108 Å². The van der Waals surface area contributed by atoms with E-state index in [1.807, 2.05) is 0 Å². The Kier molecular flexibility index (Phi) is 18.4. The van der Waals surface area contributed by atoms with Gasteiger partial charge in [-0.1, -0.05) is 51.4 Å². The second-order valence-corrected chi connectivity index (χ2v) is 21.8. The van der Waals surface area contributed by atoms with E-state index >= 15 is 0 Å². The third kappa shape index (κ3) is 16.2. The zero-order valence-electron chi connectivity index (χ0n) is 33.3. The first-order chi connectivity index (χ1) is 27.8. The number of hydrogen-bond donors (Lipinski definition) is 20. The van der Waals surface area contributed by atoms with Crippen LogP contribution in [0.15, 0.2) is 0 Å². The standard InChI is InChI=1S/C32H56N8.4H3O4P/c1-2-10-18-17(9-1)25-33-26(18)38-28-21-13-5-6-14-22(21)30(35-28)40-32-24-16-8-7-15-23(24)31(36-32)39-29-20-12-4-3-11-19(20)27(34-29)37-25;4*1-5(2,3)4/h17-40H,1-16H2;4*(H3,1,2,3,4). The molecule has 8 unspecified atom stereocenters. The van der Waals surface area contributed by atoms with Gasteiger partial charge in [-0.3, -0.25) is 42.5 Å². The Balaban J connectivity index is 0.000000287. The maximum absolute atomic E-state index is 8.88. The third-order valence-corrected chi connectivity index (χ3v) is 13.8. The number of nitrogens with one attached hydrogen (secondary N) is 8. The van der Waals surface area contributed by atoms with Crippen LogP contribution >= 0.6 is 31.3 Å². The smallest absolute Gasteiger partial charge is 0.303 e. The van der Waals surface area contributed by atoms with Crippen LogP contribution in [-0.2, 0) is 18.3 Å². The zero-order valence-corrected chi connectivity index (χ0v) is 36.9. The Morgan fingerprint density at radius 1 is 0.233 bits per heavy atom. The lowest BCUT2D eigenvalue weighted by molar-refractivity contribution is 0.167. The number of phosphoric acid groups is 4. The molecule has 24 nitrogen and oxygen atoms in total. The highest BCUT2D eigenvalue weighted by atomic mass is 31.2. The van der Waals surface area contributed by atoms with Gasteiger partial charge in [-0.15, -0.1) is 0 Å². The normalized spacial score (nSPS) is 42.3.